The maximum atomic E-state index is 13.4. The Morgan fingerprint density at radius 1 is 1.47 bits per heavy atom. The monoisotopic (exact) mass is 308 g/mol. The van der Waals surface area contributed by atoms with Crippen molar-refractivity contribution in [3.63, 3.8) is 0 Å². The van der Waals surface area contributed by atoms with Crippen molar-refractivity contribution in [3.05, 3.63) is 29.6 Å². The van der Waals surface area contributed by atoms with Gasteiger partial charge >= 0.3 is 0 Å². The number of nitrogens with two attached hydrogens (primary N) is 1. The van der Waals surface area contributed by atoms with Crippen LogP contribution < -0.4 is 5.73 Å². The van der Waals surface area contributed by atoms with Gasteiger partial charge < -0.3 is 5.73 Å². The molecule has 1 aromatic rings. The van der Waals surface area contributed by atoms with Crippen molar-refractivity contribution in [1.82, 2.24) is 4.31 Å². The molecule has 1 aliphatic rings. The van der Waals surface area contributed by atoms with Gasteiger partial charge in [-0.15, -0.1) is 12.4 Å². The molecule has 1 aromatic carbocycles. The summed E-state index contributed by atoms with van der Waals surface area (Å²) in [5.74, 6) is -0.292. The number of benzene rings is 1. The first kappa shape index (κ1) is 16.4. The van der Waals surface area contributed by atoms with E-state index < -0.39 is 15.8 Å². The SMILES string of the molecule is Cc1c(F)cccc1S(=O)(=O)N1CCC(CN)C1.Cl. The topological polar surface area (TPSA) is 63.4 Å². The van der Waals surface area contributed by atoms with Crippen molar-refractivity contribution in [2.75, 3.05) is 19.6 Å². The molecule has 0 bridgehead atoms. The summed E-state index contributed by atoms with van der Waals surface area (Å²) in [4.78, 5) is 0.0557. The third-order valence-corrected chi connectivity index (χ3v) is 5.43. The van der Waals surface area contributed by atoms with Crippen molar-refractivity contribution in [2.24, 2.45) is 11.7 Å². The predicted octanol–water partition coefficient (Wildman–Crippen LogP) is 1.53. The molecule has 1 aliphatic heterocycles. The number of hydrogen-bond donors (Lipinski definition) is 1. The highest BCUT2D eigenvalue weighted by Crippen LogP contribution is 2.26. The zero-order valence-electron chi connectivity index (χ0n) is 10.7. The largest absolute Gasteiger partial charge is 0.330 e. The quantitative estimate of drug-likeness (QED) is 0.921. The lowest BCUT2D eigenvalue weighted by atomic mass is 10.1. The average Bonchev–Trinajstić information content (AvgIpc) is 2.81. The second kappa shape index (κ2) is 6.17. The van der Waals surface area contributed by atoms with Gasteiger partial charge in [0.2, 0.25) is 10.0 Å². The molecule has 1 heterocycles. The van der Waals surface area contributed by atoms with Crippen LogP contribution in [0, 0.1) is 18.7 Å². The summed E-state index contributed by atoms with van der Waals surface area (Å²) < 4.78 is 39.6. The second-order valence-corrected chi connectivity index (χ2v) is 6.52. The molecule has 7 heteroatoms. The molecule has 0 saturated carbocycles. The van der Waals surface area contributed by atoms with Gasteiger partial charge in [-0.3, -0.25) is 0 Å². The summed E-state index contributed by atoms with van der Waals surface area (Å²) in [7, 11) is -3.60. The molecule has 4 nitrogen and oxygen atoms in total. The Morgan fingerprint density at radius 2 is 2.16 bits per heavy atom. The summed E-state index contributed by atoms with van der Waals surface area (Å²) in [6, 6.07) is 4.14. The van der Waals surface area contributed by atoms with Crippen LogP contribution in [-0.2, 0) is 10.0 Å². The van der Waals surface area contributed by atoms with E-state index in [4.69, 9.17) is 5.73 Å². The van der Waals surface area contributed by atoms with E-state index in [1.807, 2.05) is 0 Å². The van der Waals surface area contributed by atoms with Crippen molar-refractivity contribution < 1.29 is 12.8 Å². The minimum atomic E-state index is -3.60. The summed E-state index contributed by atoms with van der Waals surface area (Å²) in [5, 5.41) is 0. The first-order valence-electron chi connectivity index (χ1n) is 5.92. The lowest BCUT2D eigenvalue weighted by Crippen LogP contribution is -2.30. The Labute approximate surface area is 119 Å². The Balaban J connectivity index is 0.00000180. The molecule has 0 aromatic heterocycles. The highest BCUT2D eigenvalue weighted by molar-refractivity contribution is 7.89. The molecule has 1 atom stereocenters. The number of sulfonamides is 1. The van der Waals surface area contributed by atoms with Crippen LogP contribution in [0.25, 0.3) is 0 Å². The number of nitrogens with zero attached hydrogens (tertiary/aromatic N) is 1. The fourth-order valence-electron chi connectivity index (χ4n) is 2.21. The van der Waals surface area contributed by atoms with Crippen molar-refractivity contribution in [1.29, 1.82) is 0 Å². The number of hydrogen-bond acceptors (Lipinski definition) is 3. The summed E-state index contributed by atoms with van der Waals surface area (Å²) >= 11 is 0. The Morgan fingerprint density at radius 3 is 2.74 bits per heavy atom. The van der Waals surface area contributed by atoms with Crippen LogP contribution in [0.15, 0.2) is 23.1 Å². The third-order valence-electron chi connectivity index (χ3n) is 3.42. The van der Waals surface area contributed by atoms with Crippen LogP contribution in [0.3, 0.4) is 0 Å². The molecule has 0 radical (unpaired) electrons. The fourth-order valence-corrected chi connectivity index (χ4v) is 3.98. The molecule has 19 heavy (non-hydrogen) atoms. The van der Waals surface area contributed by atoms with E-state index >= 15 is 0 Å². The summed E-state index contributed by atoms with van der Waals surface area (Å²) in [5.41, 5.74) is 5.73. The molecule has 1 fully saturated rings. The number of halogens is 2. The van der Waals surface area contributed by atoms with Crippen molar-refractivity contribution in [2.45, 2.75) is 18.2 Å². The second-order valence-electron chi connectivity index (χ2n) is 4.62. The minimum Gasteiger partial charge on any atom is -0.330 e. The molecular formula is C12H18ClFN2O2S. The third kappa shape index (κ3) is 3.08. The van der Waals surface area contributed by atoms with Gasteiger partial charge in [-0.05, 0) is 37.9 Å². The fraction of sp³-hybridized carbons (Fsp3) is 0.500. The minimum absolute atomic E-state index is 0. The highest BCUT2D eigenvalue weighted by atomic mass is 35.5. The Hall–Kier alpha value is -0.690. The van der Waals surface area contributed by atoms with E-state index in [1.165, 1.54) is 29.4 Å². The Kier molecular flexibility index (Phi) is 5.32. The van der Waals surface area contributed by atoms with E-state index in [-0.39, 0.29) is 28.8 Å². The van der Waals surface area contributed by atoms with E-state index in [1.54, 1.807) is 0 Å². The highest BCUT2D eigenvalue weighted by Gasteiger charge is 2.33. The van der Waals surface area contributed by atoms with Gasteiger partial charge in [-0.2, -0.15) is 4.31 Å². The first-order chi connectivity index (χ1) is 8.46. The van der Waals surface area contributed by atoms with E-state index in [9.17, 15) is 12.8 Å². The molecule has 1 saturated heterocycles. The Bertz CT molecular complexity index is 551. The molecule has 0 spiro atoms. The van der Waals surface area contributed by atoms with Crippen molar-refractivity contribution >= 4 is 22.4 Å². The van der Waals surface area contributed by atoms with Gasteiger partial charge in [0.1, 0.15) is 5.82 Å². The van der Waals surface area contributed by atoms with E-state index in [0.29, 0.717) is 19.6 Å². The van der Waals surface area contributed by atoms with Gasteiger partial charge in [-0.25, -0.2) is 12.8 Å². The molecule has 1 unspecified atom stereocenters. The standard InChI is InChI=1S/C12H17FN2O2S.ClH/c1-9-11(13)3-2-4-12(9)18(16,17)15-6-5-10(7-14)8-15;/h2-4,10H,5-8,14H2,1H3;1H. The van der Waals surface area contributed by atoms with Gasteiger partial charge in [0.25, 0.3) is 0 Å². The van der Waals surface area contributed by atoms with Crippen molar-refractivity contribution in [3.8, 4) is 0 Å². The average molecular weight is 309 g/mol. The van der Waals surface area contributed by atoms with Crippen LogP contribution in [0.5, 0.6) is 0 Å². The maximum absolute atomic E-state index is 13.4. The van der Waals surface area contributed by atoms with Crippen LogP contribution in [0.1, 0.15) is 12.0 Å². The zero-order chi connectivity index (χ0) is 13.3. The predicted molar refractivity (Wildman–Crippen MR) is 74.3 cm³/mol. The van der Waals surface area contributed by atoms with E-state index in [2.05, 4.69) is 0 Å². The summed E-state index contributed by atoms with van der Waals surface area (Å²) in [6.45, 7) is 2.85. The maximum Gasteiger partial charge on any atom is 0.243 e. The molecule has 2 rings (SSSR count). The van der Waals surface area contributed by atoms with Crippen LogP contribution in [0.4, 0.5) is 4.39 Å². The van der Waals surface area contributed by atoms with Gasteiger partial charge in [0.05, 0.1) is 4.90 Å². The van der Waals surface area contributed by atoms with Gasteiger partial charge in [0, 0.05) is 18.7 Å². The zero-order valence-corrected chi connectivity index (χ0v) is 12.3. The molecule has 0 amide bonds. The molecular weight excluding hydrogens is 291 g/mol. The number of rotatable bonds is 3. The van der Waals surface area contributed by atoms with E-state index in [0.717, 1.165) is 6.42 Å². The molecule has 108 valence electrons. The first-order valence-corrected chi connectivity index (χ1v) is 7.36. The van der Waals surface area contributed by atoms with Gasteiger partial charge in [0.15, 0.2) is 0 Å². The van der Waals surface area contributed by atoms with Crippen LogP contribution >= 0.6 is 12.4 Å². The van der Waals surface area contributed by atoms with Crippen LogP contribution in [-0.4, -0.2) is 32.4 Å². The lowest BCUT2D eigenvalue weighted by molar-refractivity contribution is 0.457. The normalized spacial score (nSPS) is 20.3. The molecule has 0 aliphatic carbocycles. The lowest BCUT2D eigenvalue weighted by Gasteiger charge is -2.18. The summed E-state index contributed by atoms with van der Waals surface area (Å²) in [6.07, 6.45) is 0.768. The molecule has 2 N–H and O–H groups in total. The van der Waals surface area contributed by atoms with Gasteiger partial charge in [-0.1, -0.05) is 6.07 Å². The van der Waals surface area contributed by atoms with Crippen LogP contribution in [0.2, 0.25) is 0 Å². The smallest absolute Gasteiger partial charge is 0.243 e.